The molecule has 2 rings (SSSR count). The molecule has 0 aromatic carbocycles. The van der Waals surface area contributed by atoms with Gasteiger partial charge in [0.2, 0.25) is 10.0 Å². The van der Waals surface area contributed by atoms with E-state index in [-0.39, 0.29) is 18.4 Å². The second-order valence-corrected chi connectivity index (χ2v) is 6.87. The van der Waals surface area contributed by atoms with Crippen molar-refractivity contribution in [2.24, 2.45) is 0 Å². The fraction of sp³-hybridized carbons (Fsp3) is 0.600. The summed E-state index contributed by atoms with van der Waals surface area (Å²) in [5.74, 6) is 0. The number of rotatable bonds is 4. The lowest BCUT2D eigenvalue weighted by Crippen LogP contribution is -2.43. The van der Waals surface area contributed by atoms with Crippen LogP contribution in [0.1, 0.15) is 19.3 Å². The highest BCUT2D eigenvalue weighted by atomic mass is 35.5. The third kappa shape index (κ3) is 4.22. The molecule has 2 N–H and O–H groups in total. The zero-order valence-corrected chi connectivity index (χ0v) is 11.8. The molecule has 0 amide bonds. The molecule has 1 aromatic heterocycles. The highest BCUT2D eigenvalue weighted by Crippen LogP contribution is 2.15. The second kappa shape index (κ2) is 6.70. The van der Waals surface area contributed by atoms with Crippen LogP contribution in [0.15, 0.2) is 21.7 Å². The fourth-order valence-corrected chi connectivity index (χ4v) is 3.92. The summed E-state index contributed by atoms with van der Waals surface area (Å²) in [4.78, 5) is 0. The first-order valence-electron chi connectivity index (χ1n) is 5.45. The monoisotopic (exact) mass is 296 g/mol. The maximum absolute atomic E-state index is 11.8. The molecule has 0 bridgehead atoms. The number of sulfonamides is 1. The van der Waals surface area contributed by atoms with Crippen molar-refractivity contribution in [3.8, 4) is 0 Å². The van der Waals surface area contributed by atoms with E-state index >= 15 is 0 Å². The van der Waals surface area contributed by atoms with Gasteiger partial charge in [-0.1, -0.05) is 12.5 Å². The van der Waals surface area contributed by atoms with Gasteiger partial charge in [0.05, 0.1) is 0 Å². The Kier molecular flexibility index (Phi) is 5.88. The van der Waals surface area contributed by atoms with Gasteiger partial charge < -0.3 is 5.32 Å². The van der Waals surface area contributed by atoms with Gasteiger partial charge in [-0.3, -0.25) is 0 Å². The number of hydrogen-bond acceptors (Lipinski definition) is 4. The number of nitrogens with one attached hydrogen (secondary N) is 2. The Labute approximate surface area is 112 Å². The lowest BCUT2D eigenvalue weighted by Gasteiger charge is -2.23. The first-order valence-corrected chi connectivity index (χ1v) is 7.81. The van der Waals surface area contributed by atoms with E-state index in [1.165, 1.54) is 24.2 Å². The van der Waals surface area contributed by atoms with Crippen molar-refractivity contribution in [2.45, 2.75) is 29.5 Å². The van der Waals surface area contributed by atoms with E-state index in [4.69, 9.17) is 0 Å². The van der Waals surface area contributed by atoms with Crippen LogP contribution in [0, 0.1) is 0 Å². The summed E-state index contributed by atoms with van der Waals surface area (Å²) in [6.45, 7) is 1.48. The van der Waals surface area contributed by atoms with Crippen LogP contribution < -0.4 is 10.0 Å². The highest BCUT2D eigenvalue weighted by Gasteiger charge is 2.18. The predicted octanol–water partition coefficient (Wildman–Crippen LogP) is 1.59. The Morgan fingerprint density at radius 2 is 2.29 bits per heavy atom. The lowest BCUT2D eigenvalue weighted by atomic mass is 10.1. The normalized spacial score (nSPS) is 20.8. The van der Waals surface area contributed by atoms with E-state index in [9.17, 15) is 8.42 Å². The zero-order valence-electron chi connectivity index (χ0n) is 9.39. The van der Waals surface area contributed by atoms with Gasteiger partial charge in [-0.05, 0) is 30.8 Å². The summed E-state index contributed by atoms with van der Waals surface area (Å²) in [6.07, 6.45) is 3.42. The molecule has 0 radical (unpaired) electrons. The number of piperidine rings is 1. The summed E-state index contributed by atoms with van der Waals surface area (Å²) < 4.78 is 26.7. The average Bonchev–Trinajstić information content (AvgIpc) is 2.82. The molecule has 0 saturated carbocycles. The van der Waals surface area contributed by atoms with Gasteiger partial charge in [0, 0.05) is 12.6 Å². The van der Waals surface area contributed by atoms with Crippen LogP contribution in [0.3, 0.4) is 0 Å². The van der Waals surface area contributed by atoms with Crippen molar-refractivity contribution in [3.63, 3.8) is 0 Å². The summed E-state index contributed by atoms with van der Waals surface area (Å²) in [5, 5.41) is 5.08. The van der Waals surface area contributed by atoms with Gasteiger partial charge in [-0.25, -0.2) is 13.1 Å². The molecule has 98 valence electrons. The molecule has 1 saturated heterocycles. The third-order valence-electron chi connectivity index (χ3n) is 2.69. The Morgan fingerprint density at radius 3 is 2.88 bits per heavy atom. The fourth-order valence-electron chi connectivity index (χ4n) is 1.80. The van der Waals surface area contributed by atoms with Crippen molar-refractivity contribution in [3.05, 3.63) is 17.5 Å². The van der Waals surface area contributed by atoms with Gasteiger partial charge >= 0.3 is 0 Å². The molecule has 1 aliphatic heterocycles. The smallest absolute Gasteiger partial charge is 0.250 e. The minimum atomic E-state index is -3.29. The molecule has 1 unspecified atom stereocenters. The van der Waals surface area contributed by atoms with Crippen molar-refractivity contribution >= 4 is 33.8 Å². The maximum atomic E-state index is 11.8. The van der Waals surface area contributed by atoms with Crippen LogP contribution in [-0.4, -0.2) is 27.5 Å². The summed E-state index contributed by atoms with van der Waals surface area (Å²) in [7, 11) is -3.29. The van der Waals surface area contributed by atoms with Crippen molar-refractivity contribution < 1.29 is 8.42 Å². The minimum Gasteiger partial charge on any atom is -0.313 e. The van der Waals surface area contributed by atoms with E-state index in [1.807, 2.05) is 0 Å². The summed E-state index contributed by atoms with van der Waals surface area (Å²) in [5.41, 5.74) is 0. The van der Waals surface area contributed by atoms with Gasteiger partial charge in [-0.15, -0.1) is 23.7 Å². The molecule has 7 heteroatoms. The number of hydrogen-bond donors (Lipinski definition) is 2. The van der Waals surface area contributed by atoms with Crippen LogP contribution in [0.5, 0.6) is 0 Å². The Morgan fingerprint density at radius 1 is 1.47 bits per heavy atom. The summed E-state index contributed by atoms with van der Waals surface area (Å²) in [6, 6.07) is 3.66. The molecule has 1 atom stereocenters. The summed E-state index contributed by atoms with van der Waals surface area (Å²) >= 11 is 1.25. The minimum absolute atomic E-state index is 0. The molecule has 4 nitrogen and oxygen atoms in total. The van der Waals surface area contributed by atoms with E-state index in [0.717, 1.165) is 13.0 Å². The van der Waals surface area contributed by atoms with Crippen LogP contribution in [0.25, 0.3) is 0 Å². The van der Waals surface area contributed by atoms with Crippen molar-refractivity contribution in [1.29, 1.82) is 0 Å². The second-order valence-electron chi connectivity index (χ2n) is 3.93. The predicted molar refractivity (Wildman–Crippen MR) is 72.4 cm³/mol. The standard InChI is InChI=1S/C10H16N2O2S2.ClH/c13-16(14,10-5-3-7-15-10)12-8-9-4-1-2-6-11-9;/h3,5,7,9,11-12H,1-2,4,6,8H2;1H. The molecule has 17 heavy (non-hydrogen) atoms. The van der Waals surface area contributed by atoms with Crippen molar-refractivity contribution in [2.75, 3.05) is 13.1 Å². The number of halogens is 1. The van der Waals surface area contributed by atoms with Gasteiger partial charge in [0.15, 0.2) is 0 Å². The topological polar surface area (TPSA) is 58.2 Å². The van der Waals surface area contributed by atoms with E-state index in [2.05, 4.69) is 10.0 Å². The van der Waals surface area contributed by atoms with Crippen LogP contribution in [-0.2, 0) is 10.0 Å². The first kappa shape index (κ1) is 14.9. The maximum Gasteiger partial charge on any atom is 0.250 e. The van der Waals surface area contributed by atoms with E-state index < -0.39 is 10.0 Å². The quantitative estimate of drug-likeness (QED) is 0.887. The van der Waals surface area contributed by atoms with E-state index in [0.29, 0.717) is 10.8 Å². The van der Waals surface area contributed by atoms with Gasteiger partial charge in [0.25, 0.3) is 0 Å². The molecule has 0 spiro atoms. The molecular formula is C10H17ClN2O2S2. The molecule has 2 heterocycles. The van der Waals surface area contributed by atoms with E-state index in [1.54, 1.807) is 17.5 Å². The highest BCUT2D eigenvalue weighted by molar-refractivity contribution is 7.91. The SMILES string of the molecule is Cl.O=S(=O)(NCC1CCCCN1)c1cccs1. The Balaban J connectivity index is 0.00000144. The van der Waals surface area contributed by atoms with Crippen LogP contribution >= 0.6 is 23.7 Å². The molecule has 1 aliphatic rings. The Hall–Kier alpha value is -0.140. The first-order chi connectivity index (χ1) is 7.68. The molecular weight excluding hydrogens is 280 g/mol. The lowest BCUT2D eigenvalue weighted by molar-refractivity contribution is 0.398. The largest absolute Gasteiger partial charge is 0.313 e. The van der Waals surface area contributed by atoms with Gasteiger partial charge in [-0.2, -0.15) is 0 Å². The number of thiophene rings is 1. The van der Waals surface area contributed by atoms with Crippen LogP contribution in [0.2, 0.25) is 0 Å². The Bertz CT molecular complexity index is 414. The molecule has 0 aliphatic carbocycles. The van der Waals surface area contributed by atoms with Gasteiger partial charge in [0.1, 0.15) is 4.21 Å². The average molecular weight is 297 g/mol. The van der Waals surface area contributed by atoms with Crippen molar-refractivity contribution in [1.82, 2.24) is 10.0 Å². The third-order valence-corrected chi connectivity index (χ3v) is 5.51. The zero-order chi connectivity index (χ0) is 11.4. The molecule has 1 aromatic rings. The molecule has 1 fully saturated rings. The van der Waals surface area contributed by atoms with Crippen LogP contribution in [0.4, 0.5) is 0 Å².